The number of carboxylic acid groups (broad SMARTS) is 1. The third-order valence-corrected chi connectivity index (χ3v) is 3.87. The summed E-state index contributed by atoms with van der Waals surface area (Å²) in [6, 6.07) is 3.72. The minimum atomic E-state index is -0.822. The van der Waals surface area contributed by atoms with Gasteiger partial charge in [-0.1, -0.05) is 6.07 Å². The van der Waals surface area contributed by atoms with Crippen LogP contribution in [0, 0.1) is 0 Å². The number of hydrogen-bond donors (Lipinski definition) is 2. The summed E-state index contributed by atoms with van der Waals surface area (Å²) in [6.07, 6.45) is 2.55. The third kappa shape index (κ3) is 2.88. The number of nitrogens with two attached hydrogens (primary N) is 1. The van der Waals surface area contributed by atoms with Crippen LogP contribution in [-0.4, -0.2) is 31.8 Å². The molecule has 2 rings (SSSR count). The summed E-state index contributed by atoms with van der Waals surface area (Å²) in [6.45, 7) is 1.04. The van der Waals surface area contributed by atoms with Gasteiger partial charge in [-0.3, -0.25) is 4.79 Å². The largest absolute Gasteiger partial charge is 0.496 e. The van der Waals surface area contributed by atoms with Crippen LogP contribution in [0.3, 0.4) is 0 Å². The van der Waals surface area contributed by atoms with Gasteiger partial charge in [-0.05, 0) is 25.3 Å². The molecular formula is C15H22N2O3. The van der Waals surface area contributed by atoms with Crippen molar-refractivity contribution in [2.45, 2.75) is 31.7 Å². The molecule has 1 aromatic carbocycles. The van der Waals surface area contributed by atoms with Gasteiger partial charge in [-0.15, -0.1) is 0 Å². The number of benzene rings is 1. The Labute approximate surface area is 119 Å². The lowest BCUT2D eigenvalue weighted by atomic mass is 9.93. The van der Waals surface area contributed by atoms with Crippen molar-refractivity contribution in [3.05, 3.63) is 23.3 Å². The molecule has 0 fully saturated rings. The molecule has 0 spiro atoms. The lowest BCUT2D eigenvalue weighted by molar-refractivity contribution is -0.137. The van der Waals surface area contributed by atoms with Gasteiger partial charge in [0, 0.05) is 42.9 Å². The molecule has 1 aliphatic rings. The first-order chi connectivity index (χ1) is 9.54. The van der Waals surface area contributed by atoms with Crippen molar-refractivity contribution in [3.63, 3.8) is 0 Å². The molecule has 0 bridgehead atoms. The maximum Gasteiger partial charge on any atom is 0.303 e. The van der Waals surface area contributed by atoms with Gasteiger partial charge in [0.25, 0.3) is 0 Å². The SMILES string of the molecule is COc1c(C(N)CCC(=O)O)ccc2c1CCCN2C. The smallest absolute Gasteiger partial charge is 0.303 e. The molecule has 110 valence electrons. The minimum Gasteiger partial charge on any atom is -0.496 e. The average molecular weight is 278 g/mol. The zero-order chi connectivity index (χ0) is 14.7. The molecule has 1 atom stereocenters. The average Bonchev–Trinajstić information content (AvgIpc) is 2.43. The molecule has 0 radical (unpaired) electrons. The van der Waals surface area contributed by atoms with Crippen LogP contribution in [0.15, 0.2) is 12.1 Å². The minimum absolute atomic E-state index is 0.0707. The van der Waals surface area contributed by atoms with Crippen LogP contribution in [0.5, 0.6) is 5.75 Å². The summed E-state index contributed by atoms with van der Waals surface area (Å²) >= 11 is 0. The summed E-state index contributed by atoms with van der Waals surface area (Å²) in [5.74, 6) is 0.00375. The van der Waals surface area contributed by atoms with E-state index in [-0.39, 0.29) is 12.5 Å². The zero-order valence-corrected chi connectivity index (χ0v) is 12.1. The number of fused-ring (bicyclic) bond motifs is 1. The molecule has 20 heavy (non-hydrogen) atoms. The number of nitrogens with zero attached hydrogens (tertiary/aromatic N) is 1. The Morgan fingerprint density at radius 2 is 2.30 bits per heavy atom. The highest BCUT2D eigenvalue weighted by Crippen LogP contribution is 2.38. The molecule has 1 aromatic rings. The van der Waals surface area contributed by atoms with Gasteiger partial charge in [-0.2, -0.15) is 0 Å². The Morgan fingerprint density at radius 1 is 1.55 bits per heavy atom. The van der Waals surface area contributed by atoms with E-state index >= 15 is 0 Å². The molecule has 1 heterocycles. The van der Waals surface area contributed by atoms with Crippen molar-refractivity contribution >= 4 is 11.7 Å². The number of ether oxygens (including phenoxy) is 1. The topological polar surface area (TPSA) is 75.8 Å². The van der Waals surface area contributed by atoms with E-state index in [0.29, 0.717) is 6.42 Å². The van der Waals surface area contributed by atoms with Crippen LogP contribution >= 0.6 is 0 Å². The Hall–Kier alpha value is -1.75. The van der Waals surface area contributed by atoms with Gasteiger partial charge in [-0.25, -0.2) is 0 Å². The molecular weight excluding hydrogens is 256 g/mol. The van der Waals surface area contributed by atoms with Gasteiger partial charge < -0.3 is 20.5 Å². The second-order valence-corrected chi connectivity index (χ2v) is 5.25. The summed E-state index contributed by atoms with van der Waals surface area (Å²) in [5.41, 5.74) is 9.40. The van der Waals surface area contributed by atoms with E-state index in [0.717, 1.165) is 30.7 Å². The highest BCUT2D eigenvalue weighted by molar-refractivity contribution is 5.67. The Balaban J connectivity index is 2.32. The van der Waals surface area contributed by atoms with Gasteiger partial charge in [0.2, 0.25) is 0 Å². The van der Waals surface area contributed by atoms with E-state index < -0.39 is 5.97 Å². The van der Waals surface area contributed by atoms with Crippen LogP contribution in [0.4, 0.5) is 5.69 Å². The van der Waals surface area contributed by atoms with E-state index in [2.05, 4.69) is 18.0 Å². The van der Waals surface area contributed by atoms with Crippen LogP contribution < -0.4 is 15.4 Å². The van der Waals surface area contributed by atoms with Crippen molar-refractivity contribution in [1.29, 1.82) is 0 Å². The van der Waals surface area contributed by atoms with Crippen LogP contribution in [0.1, 0.15) is 36.4 Å². The molecule has 0 saturated carbocycles. The fraction of sp³-hybridized carbons (Fsp3) is 0.533. The fourth-order valence-corrected chi connectivity index (χ4v) is 2.82. The lowest BCUT2D eigenvalue weighted by Crippen LogP contribution is -2.25. The molecule has 0 aromatic heterocycles. The van der Waals surface area contributed by atoms with Crippen LogP contribution in [-0.2, 0) is 11.2 Å². The first-order valence-electron chi connectivity index (χ1n) is 6.93. The van der Waals surface area contributed by atoms with Gasteiger partial charge in [0.05, 0.1) is 7.11 Å². The Kier molecular flexibility index (Phi) is 4.49. The maximum atomic E-state index is 10.7. The number of aliphatic carboxylic acids is 1. The number of methoxy groups -OCH3 is 1. The van der Waals surface area contributed by atoms with Crippen molar-refractivity contribution in [1.82, 2.24) is 0 Å². The van der Waals surface area contributed by atoms with Crippen molar-refractivity contribution in [2.24, 2.45) is 5.73 Å². The summed E-state index contributed by atoms with van der Waals surface area (Å²) in [5, 5.41) is 8.77. The highest BCUT2D eigenvalue weighted by Gasteiger charge is 2.22. The number of anilines is 1. The monoisotopic (exact) mass is 278 g/mol. The second-order valence-electron chi connectivity index (χ2n) is 5.25. The fourth-order valence-electron chi connectivity index (χ4n) is 2.82. The van der Waals surface area contributed by atoms with Crippen molar-refractivity contribution < 1.29 is 14.6 Å². The first-order valence-corrected chi connectivity index (χ1v) is 6.93. The maximum absolute atomic E-state index is 10.7. The predicted molar refractivity (Wildman–Crippen MR) is 78.4 cm³/mol. The standard InChI is InChI=1S/C15H22N2O3/c1-17-9-3-4-11-13(17)7-5-10(15(11)20-2)12(16)6-8-14(18)19/h5,7,12H,3-4,6,8-9,16H2,1-2H3,(H,18,19). The van der Waals surface area contributed by atoms with E-state index in [9.17, 15) is 4.79 Å². The van der Waals surface area contributed by atoms with E-state index in [1.807, 2.05) is 6.07 Å². The number of hydrogen-bond acceptors (Lipinski definition) is 4. The summed E-state index contributed by atoms with van der Waals surface area (Å²) in [4.78, 5) is 12.9. The number of rotatable bonds is 5. The molecule has 0 amide bonds. The van der Waals surface area contributed by atoms with Crippen molar-refractivity contribution in [3.8, 4) is 5.75 Å². The first kappa shape index (κ1) is 14.7. The summed E-state index contributed by atoms with van der Waals surface area (Å²) < 4.78 is 5.57. The van der Waals surface area contributed by atoms with Gasteiger partial charge in [0.15, 0.2) is 0 Å². The lowest BCUT2D eigenvalue weighted by Gasteiger charge is -2.30. The summed E-state index contributed by atoms with van der Waals surface area (Å²) in [7, 11) is 3.72. The second kappa shape index (κ2) is 6.13. The predicted octanol–water partition coefficient (Wildman–Crippen LogP) is 1.94. The highest BCUT2D eigenvalue weighted by atomic mass is 16.5. The van der Waals surface area contributed by atoms with Crippen molar-refractivity contribution in [2.75, 3.05) is 25.6 Å². The molecule has 1 unspecified atom stereocenters. The van der Waals surface area contributed by atoms with Crippen LogP contribution in [0.25, 0.3) is 0 Å². The van der Waals surface area contributed by atoms with Crippen LogP contribution in [0.2, 0.25) is 0 Å². The molecule has 5 nitrogen and oxygen atoms in total. The molecule has 3 N–H and O–H groups in total. The normalized spacial score (nSPS) is 15.7. The van der Waals surface area contributed by atoms with Gasteiger partial charge >= 0.3 is 5.97 Å². The number of carboxylic acids is 1. The molecule has 0 saturated heterocycles. The number of carbonyl (C=O) groups is 1. The zero-order valence-electron chi connectivity index (χ0n) is 12.1. The van der Waals surface area contributed by atoms with E-state index in [4.69, 9.17) is 15.6 Å². The third-order valence-electron chi connectivity index (χ3n) is 3.87. The Bertz CT molecular complexity index is 502. The Morgan fingerprint density at radius 3 is 2.95 bits per heavy atom. The molecule has 1 aliphatic heterocycles. The quantitative estimate of drug-likeness (QED) is 0.861. The molecule has 5 heteroatoms. The van der Waals surface area contributed by atoms with E-state index in [1.54, 1.807) is 7.11 Å². The van der Waals surface area contributed by atoms with E-state index in [1.165, 1.54) is 11.3 Å². The molecule has 0 aliphatic carbocycles. The van der Waals surface area contributed by atoms with Gasteiger partial charge in [0.1, 0.15) is 5.75 Å².